The number of amides is 1. The summed E-state index contributed by atoms with van der Waals surface area (Å²) in [7, 11) is 1.83. The highest BCUT2D eigenvalue weighted by molar-refractivity contribution is 5.96. The number of aliphatic hydroxyl groups is 1. The smallest absolute Gasteiger partial charge is 0.251 e. The van der Waals surface area contributed by atoms with E-state index >= 15 is 0 Å². The molecule has 0 saturated heterocycles. The third-order valence-corrected chi connectivity index (χ3v) is 6.29. The van der Waals surface area contributed by atoms with Crippen LogP contribution in [0.25, 0.3) is 22.2 Å². The third-order valence-electron chi connectivity index (χ3n) is 6.29. The Balaban J connectivity index is 1.46. The zero-order valence-corrected chi connectivity index (χ0v) is 17.7. The minimum Gasteiger partial charge on any atom is -0.390 e. The number of aromatic nitrogens is 2. The highest BCUT2D eigenvalue weighted by atomic mass is 19.1. The van der Waals surface area contributed by atoms with E-state index in [0.29, 0.717) is 11.3 Å². The Morgan fingerprint density at radius 3 is 2.43 bits per heavy atom. The highest BCUT2D eigenvalue weighted by Crippen LogP contribution is 2.33. The van der Waals surface area contributed by atoms with Gasteiger partial charge in [0.1, 0.15) is 11.5 Å². The van der Waals surface area contributed by atoms with Crippen LogP contribution in [0.1, 0.15) is 49.9 Å². The van der Waals surface area contributed by atoms with E-state index in [9.17, 15) is 14.3 Å². The number of nitrogens with one attached hydrogen (secondary N) is 1. The molecule has 30 heavy (non-hydrogen) atoms. The third kappa shape index (κ3) is 4.10. The summed E-state index contributed by atoms with van der Waals surface area (Å²) in [6, 6.07) is 12.0. The van der Waals surface area contributed by atoms with Crippen LogP contribution >= 0.6 is 0 Å². The molecule has 0 radical (unpaired) electrons. The van der Waals surface area contributed by atoms with E-state index in [1.807, 2.05) is 33.0 Å². The van der Waals surface area contributed by atoms with Gasteiger partial charge in [0.15, 0.2) is 0 Å². The largest absolute Gasteiger partial charge is 0.390 e. The van der Waals surface area contributed by atoms with Crippen molar-refractivity contribution in [3.05, 3.63) is 53.8 Å². The van der Waals surface area contributed by atoms with Crippen LogP contribution in [0.5, 0.6) is 0 Å². The van der Waals surface area contributed by atoms with Crippen molar-refractivity contribution in [3.63, 3.8) is 0 Å². The number of halogens is 1. The van der Waals surface area contributed by atoms with Gasteiger partial charge in [-0.3, -0.25) is 9.48 Å². The molecule has 0 unspecified atom stereocenters. The first-order chi connectivity index (χ1) is 14.2. The van der Waals surface area contributed by atoms with E-state index < -0.39 is 5.60 Å². The first-order valence-corrected chi connectivity index (χ1v) is 10.5. The van der Waals surface area contributed by atoms with Crippen LogP contribution in [0.3, 0.4) is 0 Å². The van der Waals surface area contributed by atoms with E-state index in [-0.39, 0.29) is 23.7 Å². The van der Waals surface area contributed by atoms with Crippen LogP contribution in [0, 0.1) is 11.7 Å². The van der Waals surface area contributed by atoms with Gasteiger partial charge in [-0.1, -0.05) is 12.1 Å². The fourth-order valence-corrected chi connectivity index (χ4v) is 4.44. The van der Waals surface area contributed by atoms with Crippen LogP contribution in [-0.2, 0) is 7.05 Å². The molecule has 0 spiro atoms. The zero-order chi connectivity index (χ0) is 21.5. The maximum absolute atomic E-state index is 13.7. The molecule has 0 bridgehead atoms. The van der Waals surface area contributed by atoms with E-state index in [1.54, 1.807) is 22.9 Å². The summed E-state index contributed by atoms with van der Waals surface area (Å²) in [6.45, 7) is 3.72. The fraction of sp³-hybridized carbons (Fsp3) is 0.417. The normalized spacial score (nSPS) is 19.8. The SMILES string of the molecule is Cn1nc(-c2ccc(C(=O)NC3CCC(C(C)(C)O)CC3)cc2)c2cc(F)ccc21. The Bertz CT molecular complexity index is 1060. The van der Waals surface area contributed by atoms with Gasteiger partial charge in [0.05, 0.1) is 11.1 Å². The summed E-state index contributed by atoms with van der Waals surface area (Å²) in [5.41, 5.74) is 2.32. The van der Waals surface area contributed by atoms with Crippen molar-refractivity contribution < 1.29 is 14.3 Å². The number of nitrogens with zero attached hydrogens (tertiary/aromatic N) is 2. The Morgan fingerprint density at radius 2 is 1.80 bits per heavy atom. The second-order valence-corrected chi connectivity index (χ2v) is 8.89. The van der Waals surface area contributed by atoms with Crippen LogP contribution in [-0.4, -0.2) is 32.4 Å². The Morgan fingerprint density at radius 1 is 1.13 bits per heavy atom. The van der Waals surface area contributed by atoms with Gasteiger partial charge in [-0.25, -0.2) is 4.39 Å². The molecule has 4 rings (SSSR count). The summed E-state index contributed by atoms with van der Waals surface area (Å²) in [6.07, 6.45) is 3.58. The molecule has 0 atom stereocenters. The van der Waals surface area contributed by atoms with Crippen LogP contribution in [0.15, 0.2) is 42.5 Å². The summed E-state index contributed by atoms with van der Waals surface area (Å²) < 4.78 is 15.5. The van der Waals surface area contributed by atoms with Gasteiger partial charge in [0.2, 0.25) is 0 Å². The molecule has 1 heterocycles. The minimum atomic E-state index is -0.663. The minimum absolute atomic E-state index is 0.0924. The van der Waals surface area contributed by atoms with Gasteiger partial charge in [0.25, 0.3) is 5.91 Å². The van der Waals surface area contributed by atoms with Gasteiger partial charge in [-0.05, 0) is 75.8 Å². The van der Waals surface area contributed by atoms with Crippen molar-refractivity contribution in [2.45, 2.75) is 51.2 Å². The topological polar surface area (TPSA) is 67.2 Å². The fourth-order valence-electron chi connectivity index (χ4n) is 4.44. The van der Waals surface area contributed by atoms with Crippen LogP contribution < -0.4 is 5.32 Å². The first-order valence-electron chi connectivity index (χ1n) is 10.5. The Kier molecular flexibility index (Phi) is 5.36. The summed E-state index contributed by atoms with van der Waals surface area (Å²) >= 11 is 0. The lowest BCUT2D eigenvalue weighted by atomic mass is 9.77. The summed E-state index contributed by atoms with van der Waals surface area (Å²) in [5, 5.41) is 18.6. The quantitative estimate of drug-likeness (QED) is 0.670. The van der Waals surface area contributed by atoms with E-state index in [2.05, 4.69) is 10.4 Å². The van der Waals surface area contributed by atoms with Gasteiger partial charge >= 0.3 is 0 Å². The average Bonchev–Trinajstić information content (AvgIpc) is 3.03. The zero-order valence-electron chi connectivity index (χ0n) is 17.7. The van der Waals surface area contributed by atoms with Crippen LogP contribution in [0.2, 0.25) is 0 Å². The first kappa shape index (κ1) is 20.5. The van der Waals surface area contributed by atoms with Gasteiger partial charge in [-0.2, -0.15) is 5.10 Å². The highest BCUT2D eigenvalue weighted by Gasteiger charge is 2.31. The Labute approximate surface area is 175 Å². The maximum Gasteiger partial charge on any atom is 0.251 e. The molecule has 1 saturated carbocycles. The number of aryl methyl sites for hydroxylation is 1. The van der Waals surface area contributed by atoms with E-state index in [4.69, 9.17) is 0 Å². The number of hydrogen-bond donors (Lipinski definition) is 2. The molecule has 6 heteroatoms. The molecule has 1 aliphatic carbocycles. The van der Waals surface area contributed by atoms with E-state index in [0.717, 1.165) is 42.1 Å². The van der Waals surface area contributed by atoms with Crippen molar-refractivity contribution in [1.82, 2.24) is 15.1 Å². The van der Waals surface area contributed by atoms with Crippen molar-refractivity contribution in [2.24, 2.45) is 13.0 Å². The molecule has 5 nitrogen and oxygen atoms in total. The molecular formula is C24H28FN3O2. The van der Waals surface area contributed by atoms with Crippen LogP contribution in [0.4, 0.5) is 4.39 Å². The van der Waals surface area contributed by atoms with Crippen molar-refractivity contribution in [2.75, 3.05) is 0 Å². The molecule has 2 N–H and O–H groups in total. The van der Waals surface area contributed by atoms with Gasteiger partial charge in [-0.15, -0.1) is 0 Å². The number of carbonyl (C=O) groups excluding carboxylic acids is 1. The predicted octanol–water partition coefficient (Wildman–Crippen LogP) is 4.44. The van der Waals surface area contributed by atoms with Gasteiger partial charge < -0.3 is 10.4 Å². The molecule has 3 aromatic rings. The lowest BCUT2D eigenvalue weighted by Gasteiger charge is -2.36. The second kappa shape index (κ2) is 7.84. The molecule has 158 valence electrons. The molecular weight excluding hydrogens is 381 g/mol. The van der Waals surface area contributed by atoms with Crippen molar-refractivity contribution in [1.29, 1.82) is 0 Å². The van der Waals surface area contributed by atoms with Crippen molar-refractivity contribution >= 4 is 16.8 Å². The monoisotopic (exact) mass is 409 g/mol. The predicted molar refractivity (Wildman–Crippen MR) is 116 cm³/mol. The molecule has 2 aromatic carbocycles. The second-order valence-electron chi connectivity index (χ2n) is 8.89. The molecule has 1 amide bonds. The number of benzene rings is 2. The molecule has 1 aromatic heterocycles. The lowest BCUT2D eigenvalue weighted by Crippen LogP contribution is -2.41. The Hall–Kier alpha value is -2.73. The molecule has 1 fully saturated rings. The summed E-state index contributed by atoms with van der Waals surface area (Å²) in [4.78, 5) is 12.7. The lowest BCUT2D eigenvalue weighted by molar-refractivity contribution is -0.00257. The number of fused-ring (bicyclic) bond motifs is 1. The van der Waals surface area contributed by atoms with Gasteiger partial charge in [0, 0.05) is 29.6 Å². The number of carbonyl (C=O) groups is 1. The average molecular weight is 410 g/mol. The number of hydrogen-bond acceptors (Lipinski definition) is 3. The molecule has 1 aliphatic rings. The van der Waals surface area contributed by atoms with Crippen molar-refractivity contribution in [3.8, 4) is 11.3 Å². The standard InChI is InChI=1S/C24H28FN3O2/c1-24(2,30)17-8-11-19(12-9-17)26-23(29)16-6-4-15(5-7-16)22-20-14-18(25)10-13-21(20)28(3)27-22/h4-7,10,13-14,17,19,30H,8-9,11-12H2,1-3H3,(H,26,29). The maximum atomic E-state index is 13.7. The van der Waals surface area contributed by atoms with E-state index in [1.165, 1.54) is 12.1 Å². The molecule has 0 aliphatic heterocycles. The summed E-state index contributed by atoms with van der Waals surface area (Å²) in [5.74, 6) is -0.111. The number of rotatable bonds is 4.